The fraction of sp³-hybridized carbons (Fsp3) is 0.111. The summed E-state index contributed by atoms with van der Waals surface area (Å²) in [4.78, 5) is 0. The Hall–Kier alpha value is -2.28. The first-order valence-electron chi connectivity index (χ1n) is 10.1. The summed E-state index contributed by atoms with van der Waals surface area (Å²) < 4.78 is 20.0. The van der Waals surface area contributed by atoms with E-state index in [0.29, 0.717) is 0 Å². The van der Waals surface area contributed by atoms with E-state index in [-0.39, 0.29) is 0 Å². The highest BCUT2D eigenvalue weighted by molar-refractivity contribution is 9.11. The summed E-state index contributed by atoms with van der Waals surface area (Å²) in [5, 5.41) is 0. The third-order valence-corrected chi connectivity index (χ3v) is 6.83. The van der Waals surface area contributed by atoms with Crippen molar-refractivity contribution in [2.75, 3.05) is 21.3 Å². The molecule has 0 heterocycles. The first-order valence-corrected chi connectivity index (χ1v) is 12.5. The van der Waals surface area contributed by atoms with Gasteiger partial charge in [0.05, 0.1) is 21.3 Å². The molecule has 33 heavy (non-hydrogen) atoms. The second kappa shape index (κ2) is 10.3. The predicted octanol–water partition coefficient (Wildman–Crippen LogP) is 9.00. The molecule has 0 unspecified atom stereocenters. The average molecular weight is 633 g/mol. The van der Waals surface area contributed by atoms with E-state index in [9.17, 15) is 0 Å². The maximum absolute atomic E-state index is 5.69. The van der Waals surface area contributed by atoms with Crippen LogP contribution in [0.1, 0.15) is 0 Å². The van der Waals surface area contributed by atoms with E-state index < -0.39 is 0 Å². The first kappa shape index (κ1) is 23.9. The van der Waals surface area contributed by atoms with Crippen molar-refractivity contribution in [1.29, 1.82) is 0 Å². The minimum atomic E-state index is 0.795. The van der Waals surface area contributed by atoms with Crippen LogP contribution < -0.4 is 14.2 Å². The molecule has 168 valence electrons. The lowest BCUT2D eigenvalue weighted by atomic mass is 9.92. The maximum Gasteiger partial charge on any atom is 0.126 e. The van der Waals surface area contributed by atoms with E-state index in [1.807, 2.05) is 36.4 Å². The zero-order chi connectivity index (χ0) is 23.5. The van der Waals surface area contributed by atoms with Gasteiger partial charge < -0.3 is 14.2 Å². The van der Waals surface area contributed by atoms with Crippen molar-refractivity contribution in [3.05, 3.63) is 86.2 Å². The summed E-state index contributed by atoms with van der Waals surface area (Å²) in [5.41, 5.74) is 6.01. The van der Waals surface area contributed by atoms with E-state index in [2.05, 4.69) is 84.2 Å². The Balaban J connectivity index is 2.05. The minimum absolute atomic E-state index is 0.795. The third kappa shape index (κ3) is 5.13. The molecule has 0 aliphatic heterocycles. The lowest BCUT2D eigenvalue weighted by molar-refractivity contribution is 0.416. The summed E-state index contributed by atoms with van der Waals surface area (Å²) in [7, 11) is 5.06. The van der Waals surface area contributed by atoms with Crippen LogP contribution in [0.25, 0.3) is 33.4 Å². The standard InChI is InChI=1S/C27H21Br3O3/c1-31-25-7-4-19(28)13-22(25)16-10-17(23-14-20(29)5-8-26(23)32-2)12-18(11-16)24-15-21(30)6-9-27(24)33-3/h4-15H,1-3H3. The van der Waals surface area contributed by atoms with Gasteiger partial charge in [0.15, 0.2) is 0 Å². The monoisotopic (exact) mass is 630 g/mol. The van der Waals surface area contributed by atoms with Crippen LogP contribution in [-0.2, 0) is 0 Å². The fourth-order valence-electron chi connectivity index (χ4n) is 3.81. The third-order valence-electron chi connectivity index (χ3n) is 5.35. The van der Waals surface area contributed by atoms with Gasteiger partial charge in [0.25, 0.3) is 0 Å². The molecule has 0 aliphatic rings. The maximum atomic E-state index is 5.69. The van der Waals surface area contributed by atoms with Gasteiger partial charge in [-0.2, -0.15) is 0 Å². The van der Waals surface area contributed by atoms with Crippen LogP contribution in [0.4, 0.5) is 0 Å². The van der Waals surface area contributed by atoms with Gasteiger partial charge in [0.1, 0.15) is 17.2 Å². The van der Waals surface area contributed by atoms with Crippen molar-refractivity contribution in [1.82, 2.24) is 0 Å². The van der Waals surface area contributed by atoms with E-state index >= 15 is 0 Å². The van der Waals surface area contributed by atoms with Gasteiger partial charge in [0.2, 0.25) is 0 Å². The lowest BCUT2D eigenvalue weighted by Crippen LogP contribution is -1.93. The second-order valence-corrected chi connectivity index (χ2v) is 10.1. The molecule has 4 aromatic rings. The Kier molecular flexibility index (Phi) is 7.47. The largest absolute Gasteiger partial charge is 0.496 e. The molecule has 0 aliphatic carbocycles. The van der Waals surface area contributed by atoms with E-state index in [1.165, 1.54) is 0 Å². The van der Waals surface area contributed by atoms with Crippen molar-refractivity contribution < 1.29 is 14.2 Å². The Morgan fingerprint density at radius 3 is 0.939 bits per heavy atom. The molecule has 0 saturated heterocycles. The highest BCUT2D eigenvalue weighted by Gasteiger charge is 2.16. The summed E-state index contributed by atoms with van der Waals surface area (Å²) in [6.45, 7) is 0. The molecule has 0 spiro atoms. The highest BCUT2D eigenvalue weighted by atomic mass is 79.9. The van der Waals surface area contributed by atoms with Crippen molar-refractivity contribution in [3.63, 3.8) is 0 Å². The van der Waals surface area contributed by atoms with Crippen molar-refractivity contribution >= 4 is 47.8 Å². The number of rotatable bonds is 6. The van der Waals surface area contributed by atoms with Crippen molar-refractivity contribution in [3.8, 4) is 50.6 Å². The molecular weight excluding hydrogens is 612 g/mol. The molecule has 4 aromatic carbocycles. The van der Waals surface area contributed by atoms with Crippen LogP contribution >= 0.6 is 47.8 Å². The Morgan fingerprint density at radius 1 is 0.424 bits per heavy atom. The van der Waals surface area contributed by atoms with Crippen LogP contribution in [-0.4, -0.2) is 21.3 Å². The van der Waals surface area contributed by atoms with Crippen LogP contribution in [0.15, 0.2) is 86.2 Å². The predicted molar refractivity (Wildman–Crippen MR) is 146 cm³/mol. The molecule has 6 heteroatoms. The smallest absolute Gasteiger partial charge is 0.126 e. The summed E-state index contributed by atoms with van der Waals surface area (Å²) in [5.74, 6) is 2.39. The van der Waals surface area contributed by atoms with Gasteiger partial charge in [0, 0.05) is 30.1 Å². The molecule has 0 aromatic heterocycles. The van der Waals surface area contributed by atoms with Crippen molar-refractivity contribution in [2.24, 2.45) is 0 Å². The van der Waals surface area contributed by atoms with Crippen LogP contribution in [0, 0.1) is 0 Å². The van der Waals surface area contributed by atoms with Gasteiger partial charge in [-0.1, -0.05) is 47.8 Å². The number of halogens is 3. The lowest BCUT2D eigenvalue weighted by Gasteiger charge is -2.17. The molecule has 3 nitrogen and oxygen atoms in total. The molecule has 0 amide bonds. The average Bonchev–Trinajstić information content (AvgIpc) is 2.83. The zero-order valence-corrected chi connectivity index (χ0v) is 23.0. The zero-order valence-electron chi connectivity index (χ0n) is 18.3. The summed E-state index contributed by atoms with van der Waals surface area (Å²) in [6.07, 6.45) is 0. The summed E-state index contributed by atoms with van der Waals surface area (Å²) in [6, 6.07) is 24.5. The SMILES string of the molecule is COc1ccc(Br)cc1-c1cc(-c2cc(Br)ccc2OC)cc(-c2cc(Br)ccc2OC)c1. The van der Waals surface area contributed by atoms with E-state index in [0.717, 1.165) is 64.0 Å². The van der Waals surface area contributed by atoms with Crippen molar-refractivity contribution in [2.45, 2.75) is 0 Å². The molecule has 0 radical (unpaired) electrons. The summed E-state index contributed by atoms with van der Waals surface area (Å²) >= 11 is 10.8. The molecule has 0 fully saturated rings. The minimum Gasteiger partial charge on any atom is -0.496 e. The molecule has 0 atom stereocenters. The van der Waals surface area contributed by atoms with Gasteiger partial charge >= 0.3 is 0 Å². The number of hydrogen-bond acceptors (Lipinski definition) is 3. The molecule has 0 bridgehead atoms. The topological polar surface area (TPSA) is 27.7 Å². The number of methoxy groups -OCH3 is 3. The van der Waals surface area contributed by atoms with Gasteiger partial charge in [-0.25, -0.2) is 0 Å². The van der Waals surface area contributed by atoms with E-state index in [1.54, 1.807) is 21.3 Å². The Labute approximate surface area is 219 Å². The number of hydrogen-bond donors (Lipinski definition) is 0. The number of benzene rings is 4. The molecule has 4 rings (SSSR count). The Bertz CT molecular complexity index is 1150. The van der Waals surface area contributed by atoms with Gasteiger partial charge in [-0.05, 0) is 89.5 Å². The second-order valence-electron chi connectivity index (χ2n) is 7.33. The van der Waals surface area contributed by atoms with Crippen LogP contribution in [0.3, 0.4) is 0 Å². The Morgan fingerprint density at radius 2 is 0.697 bits per heavy atom. The normalized spacial score (nSPS) is 10.7. The fourth-order valence-corrected chi connectivity index (χ4v) is 4.89. The molecule has 0 N–H and O–H groups in total. The first-order chi connectivity index (χ1) is 15.9. The molecule has 0 saturated carbocycles. The van der Waals surface area contributed by atoms with Crippen LogP contribution in [0.5, 0.6) is 17.2 Å². The number of ether oxygens (including phenoxy) is 3. The van der Waals surface area contributed by atoms with E-state index in [4.69, 9.17) is 14.2 Å². The highest BCUT2D eigenvalue weighted by Crippen LogP contribution is 2.42. The molecular formula is C27H21Br3O3. The van der Waals surface area contributed by atoms with Crippen LogP contribution in [0.2, 0.25) is 0 Å². The quantitative estimate of drug-likeness (QED) is 0.212. The van der Waals surface area contributed by atoms with Gasteiger partial charge in [-0.3, -0.25) is 0 Å². The van der Waals surface area contributed by atoms with Gasteiger partial charge in [-0.15, -0.1) is 0 Å².